The van der Waals surface area contributed by atoms with Crippen molar-refractivity contribution in [1.82, 2.24) is 4.90 Å². The van der Waals surface area contributed by atoms with Gasteiger partial charge >= 0.3 is 0 Å². The highest BCUT2D eigenvalue weighted by molar-refractivity contribution is 5.80. The average molecular weight is 181 g/mol. The molecule has 1 amide bonds. The highest BCUT2D eigenvalue weighted by Gasteiger charge is 2.49. The third kappa shape index (κ3) is 1.17. The number of β-amino-alcohol motifs (C(OH)–C–C–N with tert-alkyl or cyclic N) is 1. The van der Waals surface area contributed by atoms with E-state index >= 15 is 0 Å². The van der Waals surface area contributed by atoms with Crippen LogP contribution in [-0.2, 0) is 4.79 Å². The fraction of sp³-hybridized carbons (Fsp3) is 0.900. The number of likely N-dealkylation sites (tertiary alicyclic amines) is 1. The fourth-order valence-electron chi connectivity index (χ4n) is 2.81. The molecule has 13 heavy (non-hydrogen) atoms. The molecule has 0 spiro atoms. The number of amides is 1. The highest BCUT2D eigenvalue weighted by atomic mass is 16.3. The zero-order valence-corrected chi connectivity index (χ0v) is 7.65. The molecule has 1 aliphatic heterocycles. The van der Waals surface area contributed by atoms with E-state index in [1.807, 2.05) is 0 Å². The van der Waals surface area contributed by atoms with Crippen LogP contribution in [0.15, 0.2) is 0 Å². The van der Waals surface area contributed by atoms with Crippen LogP contribution >= 0.6 is 0 Å². The van der Waals surface area contributed by atoms with Crippen molar-refractivity contribution in [3.8, 4) is 0 Å². The first-order valence-corrected chi connectivity index (χ1v) is 5.21. The van der Waals surface area contributed by atoms with Gasteiger partial charge in [-0.15, -0.1) is 0 Å². The second-order valence-corrected chi connectivity index (χ2v) is 4.82. The number of carbonyl (C=O) groups excluding carboxylic acids is 1. The minimum atomic E-state index is -0.250. The van der Waals surface area contributed by atoms with Gasteiger partial charge in [0.1, 0.15) is 0 Å². The SMILES string of the molecule is O=C(C1CC2CC2C1)N1CC(O)C1. The van der Waals surface area contributed by atoms with E-state index < -0.39 is 0 Å². The number of hydrogen-bond acceptors (Lipinski definition) is 2. The lowest BCUT2D eigenvalue weighted by Crippen LogP contribution is -2.55. The Morgan fingerprint density at radius 1 is 1.15 bits per heavy atom. The Morgan fingerprint density at radius 2 is 1.77 bits per heavy atom. The lowest BCUT2D eigenvalue weighted by atomic mass is 9.99. The van der Waals surface area contributed by atoms with Crippen LogP contribution in [0.5, 0.6) is 0 Å². The number of hydrogen-bond donors (Lipinski definition) is 1. The Balaban J connectivity index is 1.57. The molecule has 3 heteroatoms. The third-order valence-corrected chi connectivity index (χ3v) is 3.77. The molecule has 0 bridgehead atoms. The van der Waals surface area contributed by atoms with Crippen LogP contribution in [0.4, 0.5) is 0 Å². The van der Waals surface area contributed by atoms with Gasteiger partial charge in [-0.05, 0) is 31.1 Å². The first-order valence-electron chi connectivity index (χ1n) is 5.21. The number of rotatable bonds is 1. The Labute approximate surface area is 77.7 Å². The highest BCUT2D eigenvalue weighted by Crippen LogP contribution is 2.54. The molecule has 2 aliphatic carbocycles. The van der Waals surface area contributed by atoms with Gasteiger partial charge in [0.05, 0.1) is 6.10 Å². The van der Waals surface area contributed by atoms with Gasteiger partial charge in [0.2, 0.25) is 5.91 Å². The van der Waals surface area contributed by atoms with E-state index in [-0.39, 0.29) is 6.10 Å². The predicted octanol–water partition coefficient (Wildman–Crippen LogP) is 0.236. The van der Waals surface area contributed by atoms with E-state index in [0.717, 1.165) is 24.7 Å². The monoisotopic (exact) mass is 181 g/mol. The molecule has 3 aliphatic rings. The molecular formula is C10H15NO2. The molecule has 2 unspecified atom stereocenters. The second kappa shape index (κ2) is 2.47. The molecule has 1 N–H and O–H groups in total. The topological polar surface area (TPSA) is 40.5 Å². The first-order chi connectivity index (χ1) is 6.24. The molecule has 2 atom stereocenters. The van der Waals surface area contributed by atoms with Gasteiger partial charge in [-0.3, -0.25) is 4.79 Å². The van der Waals surface area contributed by atoms with Crippen molar-refractivity contribution < 1.29 is 9.90 Å². The minimum absolute atomic E-state index is 0.250. The standard InChI is InChI=1S/C10H15NO2/c12-9-4-11(5-9)10(13)8-2-6-1-7(6)3-8/h6-9,12H,1-5H2. The maximum Gasteiger partial charge on any atom is 0.225 e. The van der Waals surface area contributed by atoms with Crippen LogP contribution in [0.1, 0.15) is 19.3 Å². The Morgan fingerprint density at radius 3 is 2.31 bits per heavy atom. The van der Waals surface area contributed by atoms with Gasteiger partial charge in [0, 0.05) is 19.0 Å². The van der Waals surface area contributed by atoms with Crippen LogP contribution in [-0.4, -0.2) is 35.1 Å². The largest absolute Gasteiger partial charge is 0.389 e. The van der Waals surface area contributed by atoms with E-state index in [9.17, 15) is 4.79 Å². The summed E-state index contributed by atoms with van der Waals surface area (Å²) in [6.45, 7) is 1.15. The smallest absolute Gasteiger partial charge is 0.225 e. The second-order valence-electron chi connectivity index (χ2n) is 4.82. The van der Waals surface area contributed by atoms with Gasteiger partial charge in [-0.25, -0.2) is 0 Å². The van der Waals surface area contributed by atoms with Crippen molar-refractivity contribution in [3.05, 3.63) is 0 Å². The number of carbonyl (C=O) groups is 1. The average Bonchev–Trinajstić information content (AvgIpc) is 2.67. The summed E-state index contributed by atoms with van der Waals surface area (Å²) < 4.78 is 0. The Hall–Kier alpha value is -0.570. The maximum absolute atomic E-state index is 11.8. The lowest BCUT2D eigenvalue weighted by molar-refractivity contribution is -0.145. The predicted molar refractivity (Wildman–Crippen MR) is 46.9 cm³/mol. The van der Waals surface area contributed by atoms with Crippen molar-refractivity contribution in [2.45, 2.75) is 25.4 Å². The fourth-order valence-corrected chi connectivity index (χ4v) is 2.81. The molecule has 3 fully saturated rings. The zero-order valence-electron chi connectivity index (χ0n) is 7.65. The molecule has 1 saturated heterocycles. The van der Waals surface area contributed by atoms with Gasteiger partial charge in [-0.1, -0.05) is 0 Å². The Kier molecular flexibility index (Phi) is 1.48. The normalized spacial score (nSPS) is 42.8. The number of nitrogens with zero attached hydrogens (tertiary/aromatic N) is 1. The molecule has 0 aromatic rings. The van der Waals surface area contributed by atoms with E-state index in [0.29, 0.717) is 24.9 Å². The van der Waals surface area contributed by atoms with Crippen molar-refractivity contribution in [2.24, 2.45) is 17.8 Å². The molecule has 0 aromatic heterocycles. The van der Waals surface area contributed by atoms with Crippen LogP contribution in [0.25, 0.3) is 0 Å². The van der Waals surface area contributed by atoms with Gasteiger partial charge in [0.25, 0.3) is 0 Å². The van der Waals surface area contributed by atoms with E-state index in [1.54, 1.807) is 4.90 Å². The molecule has 0 radical (unpaired) electrons. The quantitative estimate of drug-likeness (QED) is 0.629. The molecule has 0 aromatic carbocycles. The summed E-state index contributed by atoms with van der Waals surface area (Å²) in [6.07, 6.45) is 3.36. The molecule has 3 nitrogen and oxygen atoms in total. The van der Waals surface area contributed by atoms with Crippen LogP contribution in [0, 0.1) is 17.8 Å². The summed E-state index contributed by atoms with van der Waals surface area (Å²) >= 11 is 0. The van der Waals surface area contributed by atoms with Crippen LogP contribution in [0.2, 0.25) is 0 Å². The number of aliphatic hydroxyl groups is 1. The summed E-state index contributed by atoms with van der Waals surface area (Å²) in [6, 6.07) is 0. The van der Waals surface area contributed by atoms with Crippen LogP contribution < -0.4 is 0 Å². The molecular weight excluding hydrogens is 166 g/mol. The summed E-state index contributed by atoms with van der Waals surface area (Å²) in [5, 5.41) is 9.08. The van der Waals surface area contributed by atoms with E-state index in [1.165, 1.54) is 6.42 Å². The first kappa shape index (κ1) is 7.80. The van der Waals surface area contributed by atoms with E-state index in [2.05, 4.69) is 0 Å². The summed E-state index contributed by atoms with van der Waals surface area (Å²) in [4.78, 5) is 13.6. The number of fused-ring (bicyclic) bond motifs is 1. The molecule has 72 valence electrons. The summed E-state index contributed by atoms with van der Waals surface area (Å²) in [5.41, 5.74) is 0. The molecule has 3 rings (SSSR count). The lowest BCUT2D eigenvalue weighted by Gasteiger charge is -2.37. The summed E-state index contributed by atoms with van der Waals surface area (Å²) in [5.74, 6) is 2.36. The Bertz CT molecular complexity index is 237. The van der Waals surface area contributed by atoms with Gasteiger partial charge in [-0.2, -0.15) is 0 Å². The van der Waals surface area contributed by atoms with Crippen LogP contribution in [0.3, 0.4) is 0 Å². The van der Waals surface area contributed by atoms with Gasteiger partial charge < -0.3 is 10.0 Å². The third-order valence-electron chi connectivity index (χ3n) is 3.77. The summed E-state index contributed by atoms with van der Waals surface area (Å²) in [7, 11) is 0. The van der Waals surface area contributed by atoms with Crippen molar-refractivity contribution >= 4 is 5.91 Å². The zero-order chi connectivity index (χ0) is 9.00. The van der Waals surface area contributed by atoms with Crippen molar-refractivity contribution in [3.63, 3.8) is 0 Å². The maximum atomic E-state index is 11.8. The van der Waals surface area contributed by atoms with Gasteiger partial charge in [0.15, 0.2) is 0 Å². The molecule has 1 heterocycles. The van der Waals surface area contributed by atoms with E-state index in [4.69, 9.17) is 5.11 Å². The minimum Gasteiger partial charge on any atom is -0.389 e. The number of aliphatic hydroxyl groups excluding tert-OH is 1. The van der Waals surface area contributed by atoms with Crippen molar-refractivity contribution in [1.29, 1.82) is 0 Å². The van der Waals surface area contributed by atoms with Crippen molar-refractivity contribution in [2.75, 3.05) is 13.1 Å². The molecule has 2 saturated carbocycles.